The number of methoxy groups -OCH3 is 1. The molecule has 4 aromatic rings. The highest BCUT2D eigenvalue weighted by Gasteiger charge is 2.42. The number of nitrogens with zero attached hydrogens (tertiary/aromatic N) is 1. The van der Waals surface area contributed by atoms with E-state index in [1.54, 1.807) is 54.7 Å². The Morgan fingerprint density at radius 3 is 2.22 bits per heavy atom. The van der Waals surface area contributed by atoms with E-state index in [-0.39, 0.29) is 22.6 Å². The monoisotopic (exact) mass is 526 g/mol. The van der Waals surface area contributed by atoms with Gasteiger partial charge in [0, 0.05) is 18.7 Å². The molecule has 0 aliphatic rings. The molecule has 1 heterocycles. The molecule has 9 heteroatoms. The third-order valence-corrected chi connectivity index (χ3v) is 7.50. The lowest BCUT2D eigenvalue weighted by Crippen LogP contribution is -2.49. The fraction of sp³-hybridized carbons (Fsp3) is 0.179. The van der Waals surface area contributed by atoms with E-state index in [1.165, 1.54) is 37.4 Å². The van der Waals surface area contributed by atoms with Gasteiger partial charge in [-0.25, -0.2) is 8.42 Å². The molecule has 1 unspecified atom stereocenters. The van der Waals surface area contributed by atoms with E-state index in [4.69, 9.17) is 4.74 Å². The van der Waals surface area contributed by atoms with Crippen molar-refractivity contribution in [3.63, 3.8) is 0 Å². The van der Waals surface area contributed by atoms with Crippen molar-refractivity contribution in [3.05, 3.63) is 125 Å². The predicted octanol–water partition coefficient (Wildman–Crippen LogP) is 5.88. The number of aryl methyl sites for hydroxylation is 1. The van der Waals surface area contributed by atoms with E-state index in [9.17, 15) is 21.6 Å². The van der Waals surface area contributed by atoms with E-state index >= 15 is 0 Å². The van der Waals surface area contributed by atoms with E-state index < -0.39 is 27.3 Å². The van der Waals surface area contributed by atoms with E-state index in [0.29, 0.717) is 11.3 Å². The Morgan fingerprint density at radius 1 is 0.865 bits per heavy atom. The highest BCUT2D eigenvalue weighted by molar-refractivity contribution is 7.89. The third kappa shape index (κ3) is 5.84. The average molecular weight is 527 g/mol. The number of halogens is 3. The molecule has 5 nitrogen and oxygen atoms in total. The van der Waals surface area contributed by atoms with Gasteiger partial charge in [-0.05, 0) is 53.9 Å². The van der Waals surface area contributed by atoms with Crippen LogP contribution in [0.4, 0.5) is 13.2 Å². The molecule has 192 valence electrons. The molecule has 0 fully saturated rings. The highest BCUT2D eigenvalue weighted by atomic mass is 32.2. The van der Waals surface area contributed by atoms with Crippen LogP contribution in [-0.4, -0.2) is 20.5 Å². The Morgan fingerprint density at radius 2 is 1.57 bits per heavy atom. The zero-order valence-corrected chi connectivity index (χ0v) is 21.0. The Kier molecular flexibility index (Phi) is 7.38. The predicted molar refractivity (Wildman–Crippen MR) is 135 cm³/mol. The van der Waals surface area contributed by atoms with Crippen LogP contribution in [0.5, 0.6) is 5.75 Å². The smallest absolute Gasteiger partial charge is 0.416 e. The largest absolute Gasteiger partial charge is 0.497 e. The second kappa shape index (κ2) is 10.4. The molecule has 0 saturated heterocycles. The van der Waals surface area contributed by atoms with Gasteiger partial charge in [0.15, 0.2) is 0 Å². The van der Waals surface area contributed by atoms with Crippen LogP contribution in [0.2, 0.25) is 0 Å². The molecule has 1 atom stereocenters. The summed E-state index contributed by atoms with van der Waals surface area (Å²) < 4.78 is 76.8. The number of benzene rings is 3. The number of ether oxygens (including phenoxy) is 1. The van der Waals surface area contributed by atoms with Crippen LogP contribution in [0.15, 0.2) is 102 Å². The van der Waals surface area contributed by atoms with Crippen LogP contribution < -0.4 is 9.46 Å². The summed E-state index contributed by atoms with van der Waals surface area (Å²) in [6.45, 7) is 1.82. The number of pyridine rings is 1. The van der Waals surface area contributed by atoms with Gasteiger partial charge in [0.1, 0.15) is 11.3 Å². The average Bonchev–Trinajstić information content (AvgIpc) is 2.89. The van der Waals surface area contributed by atoms with Gasteiger partial charge in [0.2, 0.25) is 10.0 Å². The van der Waals surface area contributed by atoms with Gasteiger partial charge in [-0.2, -0.15) is 17.9 Å². The fourth-order valence-corrected chi connectivity index (χ4v) is 5.53. The summed E-state index contributed by atoms with van der Waals surface area (Å²) in [5.74, 6) is 0.323. The molecule has 1 N–H and O–H groups in total. The summed E-state index contributed by atoms with van der Waals surface area (Å²) in [5, 5.41) is 0. The Hall–Kier alpha value is -3.69. The van der Waals surface area contributed by atoms with Crippen molar-refractivity contribution in [1.82, 2.24) is 9.71 Å². The van der Waals surface area contributed by atoms with E-state index in [2.05, 4.69) is 9.71 Å². The Balaban J connectivity index is 1.99. The molecule has 3 aromatic carbocycles. The van der Waals surface area contributed by atoms with Crippen LogP contribution >= 0.6 is 0 Å². The third-order valence-electron chi connectivity index (χ3n) is 6.00. The summed E-state index contributed by atoms with van der Waals surface area (Å²) in [6, 6.07) is 22.9. The van der Waals surface area contributed by atoms with Crippen LogP contribution in [0.3, 0.4) is 0 Å². The van der Waals surface area contributed by atoms with Crippen molar-refractivity contribution >= 4 is 10.0 Å². The maximum atomic E-state index is 13.8. The molecule has 4 rings (SSSR count). The number of nitrogens with one attached hydrogen (secondary N) is 1. The lowest BCUT2D eigenvalue weighted by molar-refractivity contribution is -0.137. The van der Waals surface area contributed by atoms with Crippen molar-refractivity contribution in [2.24, 2.45) is 0 Å². The van der Waals surface area contributed by atoms with Crippen molar-refractivity contribution in [3.8, 4) is 5.75 Å². The normalized spacial score (nSPS) is 13.6. The lowest BCUT2D eigenvalue weighted by atomic mass is 9.81. The number of alkyl halides is 3. The number of rotatable bonds is 8. The fourth-order valence-electron chi connectivity index (χ4n) is 4.13. The molecule has 0 saturated carbocycles. The first-order valence-electron chi connectivity index (χ1n) is 11.4. The second-order valence-electron chi connectivity index (χ2n) is 8.65. The molecular formula is C28H25F3N2O3S. The molecule has 0 radical (unpaired) electrons. The minimum atomic E-state index is -4.62. The molecule has 0 spiro atoms. The molecule has 0 amide bonds. The van der Waals surface area contributed by atoms with E-state index in [0.717, 1.165) is 17.7 Å². The quantitative estimate of drug-likeness (QED) is 0.311. The van der Waals surface area contributed by atoms with Gasteiger partial charge < -0.3 is 4.74 Å². The van der Waals surface area contributed by atoms with Gasteiger partial charge >= 0.3 is 6.18 Å². The summed E-state index contributed by atoms with van der Waals surface area (Å²) in [7, 11) is -2.86. The zero-order valence-electron chi connectivity index (χ0n) is 20.2. The van der Waals surface area contributed by atoms with Gasteiger partial charge in [0.25, 0.3) is 0 Å². The molecule has 1 aromatic heterocycles. The summed E-state index contributed by atoms with van der Waals surface area (Å²) in [5.41, 5.74) is -0.678. The van der Waals surface area contributed by atoms with Crippen LogP contribution in [0.1, 0.15) is 27.9 Å². The summed E-state index contributed by atoms with van der Waals surface area (Å²) in [6.07, 6.45) is -3.06. The maximum absolute atomic E-state index is 13.8. The maximum Gasteiger partial charge on any atom is 0.416 e. The Labute approximate surface area is 214 Å². The molecule has 0 aliphatic carbocycles. The molecular weight excluding hydrogens is 501 g/mol. The van der Waals surface area contributed by atoms with Gasteiger partial charge in [-0.15, -0.1) is 0 Å². The van der Waals surface area contributed by atoms with Gasteiger partial charge in [-0.1, -0.05) is 54.6 Å². The minimum Gasteiger partial charge on any atom is -0.497 e. The summed E-state index contributed by atoms with van der Waals surface area (Å²) in [4.78, 5) is 4.40. The minimum absolute atomic E-state index is 0.00834. The first-order chi connectivity index (χ1) is 17.5. The zero-order chi connectivity index (χ0) is 26.7. The first-order valence-corrected chi connectivity index (χ1v) is 12.8. The van der Waals surface area contributed by atoms with Gasteiger partial charge in [-0.3, -0.25) is 4.98 Å². The van der Waals surface area contributed by atoms with E-state index in [1.807, 2.05) is 6.92 Å². The second-order valence-corrected chi connectivity index (χ2v) is 10.3. The van der Waals surface area contributed by atoms with Crippen molar-refractivity contribution in [2.45, 2.75) is 30.0 Å². The first kappa shape index (κ1) is 26.4. The van der Waals surface area contributed by atoms with Crippen molar-refractivity contribution in [1.29, 1.82) is 0 Å². The molecule has 0 aliphatic heterocycles. The van der Waals surface area contributed by atoms with Crippen molar-refractivity contribution < 1.29 is 26.3 Å². The number of sulfonamides is 1. The van der Waals surface area contributed by atoms with Crippen LogP contribution in [0, 0.1) is 6.92 Å². The van der Waals surface area contributed by atoms with Crippen LogP contribution in [-0.2, 0) is 28.2 Å². The lowest BCUT2D eigenvalue weighted by Gasteiger charge is -2.35. The standard InChI is InChI=1S/C28H25F3N2O3S/c1-20-14-15-26(32-19-20)27(18-21-8-4-3-5-9-21,22-10-6-11-23(16-22)28(29,30)31)33-37(34,35)25-13-7-12-24(17-25)36-2/h3-17,19,33H,18H2,1-2H3. The van der Waals surface area contributed by atoms with Crippen LogP contribution in [0.25, 0.3) is 0 Å². The molecule has 37 heavy (non-hydrogen) atoms. The highest BCUT2D eigenvalue weighted by Crippen LogP contribution is 2.38. The summed E-state index contributed by atoms with van der Waals surface area (Å²) >= 11 is 0. The number of hydrogen-bond acceptors (Lipinski definition) is 4. The number of aromatic nitrogens is 1. The SMILES string of the molecule is COc1cccc(S(=O)(=O)NC(Cc2ccccc2)(c2cccc(C(F)(F)F)c2)c2ccc(C)cn2)c1. The molecule has 0 bridgehead atoms. The van der Waals surface area contributed by atoms with Gasteiger partial charge in [0.05, 0.1) is 23.3 Å². The topological polar surface area (TPSA) is 68.3 Å². The van der Waals surface area contributed by atoms with Crippen molar-refractivity contribution in [2.75, 3.05) is 7.11 Å². The Bertz CT molecular complexity index is 1470. The number of hydrogen-bond donors (Lipinski definition) is 1.